The van der Waals surface area contributed by atoms with Crippen LogP contribution < -0.4 is 0 Å². The summed E-state index contributed by atoms with van der Waals surface area (Å²) in [5, 5.41) is 21.3. The molecule has 2 aromatic rings. The molecule has 0 aromatic heterocycles. The number of unbranched alkanes of at least 4 members (excludes halogenated alkanes) is 1. The minimum absolute atomic E-state index is 0.0487. The minimum Gasteiger partial charge on any atom is -0.480 e. The van der Waals surface area contributed by atoms with Gasteiger partial charge in [-0.1, -0.05) is 75.1 Å². The van der Waals surface area contributed by atoms with Gasteiger partial charge < -0.3 is 19.6 Å². The fourth-order valence-corrected chi connectivity index (χ4v) is 8.12. The zero-order valence-electron chi connectivity index (χ0n) is 27.9. The maximum Gasteiger partial charge on any atom is 0.410 e. The van der Waals surface area contributed by atoms with Crippen molar-refractivity contribution in [3.05, 3.63) is 75.8 Å². The number of ether oxygens (including phenoxy) is 1. The van der Waals surface area contributed by atoms with Gasteiger partial charge in [-0.25, -0.2) is 4.79 Å². The number of rotatable bonds is 14. The van der Waals surface area contributed by atoms with Gasteiger partial charge in [0.2, 0.25) is 0 Å². The summed E-state index contributed by atoms with van der Waals surface area (Å²) in [6, 6.07) is 16.7. The zero-order chi connectivity index (χ0) is 33.2. The first-order valence-corrected chi connectivity index (χ1v) is 17.7. The van der Waals surface area contributed by atoms with E-state index in [4.69, 9.17) is 4.74 Å². The normalized spacial score (nSPS) is 22.1. The summed E-state index contributed by atoms with van der Waals surface area (Å²) in [6.45, 7) is 7.33. The number of carboxylic acid groups (broad SMARTS) is 1. The summed E-state index contributed by atoms with van der Waals surface area (Å²) in [5.41, 5.74) is 2.24. The van der Waals surface area contributed by atoms with Gasteiger partial charge in [0.1, 0.15) is 6.04 Å². The molecule has 2 aromatic carbocycles. The number of nitro benzene ring substituents is 1. The van der Waals surface area contributed by atoms with Crippen molar-refractivity contribution in [2.45, 2.75) is 89.1 Å². The number of amides is 1. The van der Waals surface area contributed by atoms with Gasteiger partial charge in [0, 0.05) is 69.8 Å². The summed E-state index contributed by atoms with van der Waals surface area (Å²) in [7, 11) is 0. The molecule has 3 atom stereocenters. The molecular weight excluding hydrogens is 596 g/mol. The fourth-order valence-electron chi connectivity index (χ4n) is 8.12. The lowest BCUT2D eigenvalue weighted by Crippen LogP contribution is -2.49. The lowest BCUT2D eigenvalue weighted by Gasteiger charge is -2.39. The number of hydrogen-bond acceptors (Lipinski definition) is 7. The first kappa shape index (κ1) is 34.8. The number of non-ortho nitro benzene ring substituents is 1. The molecule has 256 valence electrons. The number of nitrogens with zero attached hydrogens (tertiary/aromatic N) is 4. The second-order valence-electron chi connectivity index (χ2n) is 13.8. The van der Waals surface area contributed by atoms with Crippen molar-refractivity contribution < 1.29 is 24.4 Å². The van der Waals surface area contributed by atoms with Gasteiger partial charge in [0.25, 0.3) is 5.69 Å². The number of carbonyl (C=O) groups is 2. The molecule has 10 nitrogen and oxygen atoms in total. The van der Waals surface area contributed by atoms with E-state index >= 15 is 0 Å². The predicted molar refractivity (Wildman–Crippen MR) is 181 cm³/mol. The molecule has 10 heteroatoms. The molecular formula is C37H52N4O6. The Morgan fingerprint density at radius 3 is 2.34 bits per heavy atom. The van der Waals surface area contributed by atoms with Crippen molar-refractivity contribution in [2.75, 3.05) is 45.9 Å². The van der Waals surface area contributed by atoms with E-state index in [1.54, 1.807) is 12.1 Å². The maximum absolute atomic E-state index is 13.3. The molecule has 47 heavy (non-hydrogen) atoms. The van der Waals surface area contributed by atoms with Crippen LogP contribution in [0.25, 0.3) is 0 Å². The Balaban J connectivity index is 1.17. The van der Waals surface area contributed by atoms with Crippen LogP contribution in [0.3, 0.4) is 0 Å². The molecule has 1 saturated carbocycles. The quantitative estimate of drug-likeness (QED) is 0.180. The molecule has 0 spiro atoms. The third kappa shape index (κ3) is 9.32. The van der Waals surface area contributed by atoms with Gasteiger partial charge in [0.15, 0.2) is 0 Å². The monoisotopic (exact) mass is 648 g/mol. The lowest BCUT2D eigenvalue weighted by molar-refractivity contribution is -0.384. The molecule has 0 unspecified atom stereocenters. The smallest absolute Gasteiger partial charge is 0.410 e. The van der Waals surface area contributed by atoms with Crippen LogP contribution in [0.1, 0.15) is 81.8 Å². The van der Waals surface area contributed by atoms with E-state index in [-0.39, 0.29) is 30.3 Å². The van der Waals surface area contributed by atoms with Gasteiger partial charge in [-0.3, -0.25) is 19.8 Å². The van der Waals surface area contributed by atoms with E-state index in [1.165, 1.54) is 24.1 Å². The molecule has 2 saturated heterocycles. The Kier molecular flexibility index (Phi) is 12.6. The average molecular weight is 649 g/mol. The summed E-state index contributed by atoms with van der Waals surface area (Å²) < 4.78 is 5.72. The van der Waals surface area contributed by atoms with Crippen LogP contribution in [0.5, 0.6) is 0 Å². The third-order valence-corrected chi connectivity index (χ3v) is 10.7. The number of piperidine rings is 1. The predicted octanol–water partition coefficient (Wildman–Crippen LogP) is 6.59. The Labute approximate surface area is 279 Å². The largest absolute Gasteiger partial charge is 0.480 e. The van der Waals surface area contributed by atoms with Gasteiger partial charge in [-0.05, 0) is 55.1 Å². The number of carbonyl (C=O) groups excluding carboxylic acids is 1. The zero-order valence-corrected chi connectivity index (χ0v) is 27.9. The number of aliphatic carboxylic acids is 1. The number of carboxylic acids is 1. The van der Waals surface area contributed by atoms with Gasteiger partial charge in [-0.15, -0.1) is 0 Å². The summed E-state index contributed by atoms with van der Waals surface area (Å²) in [4.78, 5) is 43.1. The van der Waals surface area contributed by atoms with E-state index in [2.05, 4.69) is 41.0 Å². The number of likely N-dealkylation sites (tertiary alicyclic amines) is 2. The van der Waals surface area contributed by atoms with Crippen molar-refractivity contribution in [2.24, 2.45) is 11.8 Å². The molecule has 0 radical (unpaired) electrons. The highest BCUT2D eigenvalue weighted by atomic mass is 16.6. The van der Waals surface area contributed by atoms with Crippen LogP contribution in [0.4, 0.5) is 10.5 Å². The highest BCUT2D eigenvalue weighted by molar-refractivity contribution is 5.74. The van der Waals surface area contributed by atoms with E-state index in [1.807, 2.05) is 11.0 Å². The number of hydrogen-bond donors (Lipinski definition) is 1. The first-order chi connectivity index (χ1) is 22.8. The van der Waals surface area contributed by atoms with Gasteiger partial charge in [0.05, 0.1) is 11.5 Å². The SMILES string of the molecule is CCCCN(C(=O)OCCc1ccc([N+](=O)[O-])cc1)C1CCN(C[C@H]2CN([C@@H](C(=O)O)C3CCCCC3)C[C@@H]2c2ccccc2)CC1. The Bertz CT molecular complexity index is 1290. The first-order valence-electron chi connectivity index (χ1n) is 17.7. The van der Waals surface area contributed by atoms with E-state index in [9.17, 15) is 24.8 Å². The fraction of sp³-hybridized carbons (Fsp3) is 0.622. The van der Waals surface area contributed by atoms with Crippen LogP contribution in [0.2, 0.25) is 0 Å². The van der Waals surface area contributed by atoms with Crippen LogP contribution in [-0.2, 0) is 16.0 Å². The van der Waals surface area contributed by atoms with Gasteiger partial charge >= 0.3 is 12.1 Å². The lowest BCUT2D eigenvalue weighted by atomic mass is 9.83. The maximum atomic E-state index is 13.3. The minimum atomic E-state index is -0.669. The Hall–Kier alpha value is -3.50. The van der Waals surface area contributed by atoms with E-state index in [0.717, 1.165) is 89.7 Å². The molecule has 2 heterocycles. The highest BCUT2D eigenvalue weighted by Crippen LogP contribution is 2.38. The molecule has 3 aliphatic rings. The second kappa shape index (κ2) is 17.1. The highest BCUT2D eigenvalue weighted by Gasteiger charge is 2.43. The molecule has 3 fully saturated rings. The molecule has 1 aliphatic carbocycles. The number of nitro groups is 1. The Morgan fingerprint density at radius 1 is 1.00 bits per heavy atom. The van der Waals surface area contributed by atoms with Crippen LogP contribution >= 0.6 is 0 Å². The van der Waals surface area contributed by atoms with Crippen LogP contribution in [0, 0.1) is 22.0 Å². The van der Waals surface area contributed by atoms with Crippen molar-refractivity contribution in [1.29, 1.82) is 0 Å². The molecule has 0 bridgehead atoms. The van der Waals surface area contributed by atoms with Crippen molar-refractivity contribution in [3.8, 4) is 0 Å². The molecule has 2 aliphatic heterocycles. The average Bonchev–Trinajstić information content (AvgIpc) is 3.49. The number of benzene rings is 2. The van der Waals surface area contributed by atoms with Gasteiger partial charge in [-0.2, -0.15) is 0 Å². The van der Waals surface area contributed by atoms with E-state index < -0.39 is 16.9 Å². The summed E-state index contributed by atoms with van der Waals surface area (Å²) in [6.07, 6.45) is 9.39. The van der Waals surface area contributed by atoms with Crippen molar-refractivity contribution in [3.63, 3.8) is 0 Å². The van der Waals surface area contributed by atoms with E-state index in [0.29, 0.717) is 24.8 Å². The van der Waals surface area contributed by atoms with Crippen LogP contribution in [0.15, 0.2) is 54.6 Å². The second-order valence-corrected chi connectivity index (χ2v) is 13.8. The topological polar surface area (TPSA) is 116 Å². The summed E-state index contributed by atoms with van der Waals surface area (Å²) >= 11 is 0. The molecule has 1 amide bonds. The van der Waals surface area contributed by atoms with Crippen LogP contribution in [-0.4, -0.2) is 94.8 Å². The Morgan fingerprint density at radius 2 is 1.70 bits per heavy atom. The molecule has 5 rings (SSSR count). The summed E-state index contributed by atoms with van der Waals surface area (Å²) in [5.74, 6) is 0.207. The standard InChI is InChI=1S/C37H52N4O6/c1-2-3-21-40(37(44)47-24-20-28-14-16-33(17-15-28)41(45)46)32-18-22-38(23-19-32)25-31-26-39(27-34(31)29-10-6-4-7-11-29)35(36(42)43)30-12-8-5-9-13-30/h4,6-7,10-11,14-17,30-32,34-35H,2-3,5,8-9,12-13,18-27H2,1H3,(H,42,43)/t31-,34+,35+/m0/s1. The third-order valence-electron chi connectivity index (χ3n) is 10.7. The van der Waals surface area contributed by atoms with Crippen molar-refractivity contribution >= 4 is 17.7 Å². The molecule has 1 N–H and O–H groups in total. The van der Waals surface area contributed by atoms with Crippen molar-refractivity contribution in [1.82, 2.24) is 14.7 Å².